The van der Waals surface area contributed by atoms with Crippen LogP contribution in [0.5, 0.6) is 0 Å². The second-order valence-corrected chi connectivity index (χ2v) is 6.96. The number of carboxylic acid groups (broad SMARTS) is 1. The monoisotopic (exact) mass is 300 g/mol. The van der Waals surface area contributed by atoms with E-state index in [-0.39, 0.29) is 18.0 Å². The molecule has 1 amide bonds. The lowest BCUT2D eigenvalue weighted by atomic mass is 9.85. The first-order valence-electron chi connectivity index (χ1n) is 7.61. The molecule has 1 fully saturated rings. The largest absolute Gasteiger partial charge is 0.481 e. The molecule has 0 radical (unpaired) electrons. The van der Waals surface area contributed by atoms with E-state index < -0.39 is 17.7 Å². The molecule has 0 aromatic carbocycles. The summed E-state index contributed by atoms with van der Waals surface area (Å²) in [5.74, 6) is -0.971. The van der Waals surface area contributed by atoms with E-state index in [9.17, 15) is 9.59 Å². The molecule has 0 bridgehead atoms. The molecular formula is C15H28N2O4. The molecule has 0 aromatic rings. The lowest BCUT2D eigenvalue weighted by Gasteiger charge is -2.38. The summed E-state index contributed by atoms with van der Waals surface area (Å²) in [4.78, 5) is 22.9. The molecule has 0 unspecified atom stereocenters. The third-order valence-electron chi connectivity index (χ3n) is 3.61. The Morgan fingerprint density at radius 2 is 1.71 bits per heavy atom. The van der Waals surface area contributed by atoms with E-state index in [1.165, 1.54) is 0 Å². The number of carbonyl (C=O) groups is 2. The van der Waals surface area contributed by atoms with E-state index in [0.717, 1.165) is 12.8 Å². The topological polar surface area (TPSA) is 78.9 Å². The summed E-state index contributed by atoms with van der Waals surface area (Å²) in [5.41, 5.74) is 2.28. The summed E-state index contributed by atoms with van der Waals surface area (Å²) in [5, 5.41) is 10.9. The first kappa shape index (κ1) is 17.8. The van der Waals surface area contributed by atoms with E-state index in [1.54, 1.807) is 0 Å². The molecule has 2 N–H and O–H groups in total. The Morgan fingerprint density at radius 3 is 2.10 bits per heavy atom. The van der Waals surface area contributed by atoms with Crippen LogP contribution in [0.15, 0.2) is 0 Å². The molecule has 6 nitrogen and oxygen atoms in total. The number of rotatable bonds is 4. The summed E-state index contributed by atoms with van der Waals surface area (Å²) in [6, 6.07) is 0.289. The fourth-order valence-corrected chi connectivity index (χ4v) is 2.65. The third kappa shape index (κ3) is 5.91. The number of carboxylic acids is 1. The molecular weight excluding hydrogens is 272 g/mol. The first-order chi connectivity index (χ1) is 9.60. The van der Waals surface area contributed by atoms with Crippen LogP contribution in [-0.2, 0) is 9.53 Å². The zero-order valence-corrected chi connectivity index (χ0v) is 13.7. The van der Waals surface area contributed by atoms with Crippen molar-refractivity contribution in [3.63, 3.8) is 0 Å². The number of hydrogen-bond acceptors (Lipinski definition) is 4. The van der Waals surface area contributed by atoms with E-state index >= 15 is 0 Å². The predicted molar refractivity (Wildman–Crippen MR) is 79.7 cm³/mol. The number of nitrogens with one attached hydrogen (secondary N) is 1. The SMILES string of the molecule is CC(C)N(NC(=O)OC(C)(C)C)[C@H]1CC[C@H](C(=O)O)CC1. The van der Waals surface area contributed by atoms with Gasteiger partial charge in [0.2, 0.25) is 0 Å². The van der Waals surface area contributed by atoms with Crippen molar-refractivity contribution < 1.29 is 19.4 Å². The van der Waals surface area contributed by atoms with Crippen molar-refractivity contribution in [2.75, 3.05) is 0 Å². The van der Waals surface area contributed by atoms with Gasteiger partial charge in [0.25, 0.3) is 0 Å². The van der Waals surface area contributed by atoms with Gasteiger partial charge >= 0.3 is 12.1 Å². The summed E-state index contributed by atoms with van der Waals surface area (Å²) in [6.45, 7) is 9.47. The lowest BCUT2D eigenvalue weighted by molar-refractivity contribution is -0.143. The van der Waals surface area contributed by atoms with E-state index in [0.29, 0.717) is 12.8 Å². The predicted octanol–water partition coefficient (Wildman–Crippen LogP) is 2.78. The molecule has 21 heavy (non-hydrogen) atoms. The molecule has 0 saturated heterocycles. The highest BCUT2D eigenvalue weighted by Crippen LogP contribution is 2.28. The minimum atomic E-state index is -0.718. The van der Waals surface area contributed by atoms with Gasteiger partial charge in [-0.1, -0.05) is 0 Å². The Bertz CT molecular complexity index is 368. The number of ether oxygens (including phenoxy) is 1. The molecule has 6 heteroatoms. The van der Waals surface area contributed by atoms with Gasteiger partial charge in [0.1, 0.15) is 5.60 Å². The van der Waals surface area contributed by atoms with Crippen molar-refractivity contribution in [2.24, 2.45) is 5.92 Å². The molecule has 0 atom stereocenters. The van der Waals surface area contributed by atoms with Gasteiger partial charge in [0.15, 0.2) is 0 Å². The molecule has 0 aromatic heterocycles. The third-order valence-corrected chi connectivity index (χ3v) is 3.61. The van der Waals surface area contributed by atoms with E-state index in [4.69, 9.17) is 9.84 Å². The number of hydrazine groups is 1. The van der Waals surface area contributed by atoms with Gasteiger partial charge in [-0.15, -0.1) is 0 Å². The van der Waals surface area contributed by atoms with Gasteiger partial charge in [0.05, 0.1) is 5.92 Å². The number of amides is 1. The van der Waals surface area contributed by atoms with E-state index in [1.807, 2.05) is 39.6 Å². The van der Waals surface area contributed by atoms with Crippen LogP contribution in [0.1, 0.15) is 60.3 Å². The van der Waals surface area contributed by atoms with Crippen LogP contribution >= 0.6 is 0 Å². The Morgan fingerprint density at radius 1 is 1.19 bits per heavy atom. The van der Waals surface area contributed by atoms with Crippen molar-refractivity contribution in [1.29, 1.82) is 0 Å². The maximum atomic E-state index is 11.9. The second kappa shape index (κ2) is 7.11. The minimum Gasteiger partial charge on any atom is -0.481 e. The highest BCUT2D eigenvalue weighted by molar-refractivity contribution is 5.70. The number of aliphatic carboxylic acids is 1. The van der Waals surface area contributed by atoms with Crippen LogP contribution in [0.4, 0.5) is 4.79 Å². The van der Waals surface area contributed by atoms with Gasteiger partial charge < -0.3 is 9.84 Å². The summed E-state index contributed by atoms with van der Waals surface area (Å²) >= 11 is 0. The molecule has 122 valence electrons. The number of nitrogens with zero attached hydrogens (tertiary/aromatic N) is 1. The molecule has 0 spiro atoms. The Kier molecular flexibility index (Phi) is 6.01. The van der Waals surface area contributed by atoms with Crippen molar-refractivity contribution in [2.45, 2.75) is 78.0 Å². The quantitative estimate of drug-likeness (QED) is 0.780. The zero-order chi connectivity index (χ0) is 16.2. The van der Waals surface area contributed by atoms with Crippen LogP contribution in [0.2, 0.25) is 0 Å². The van der Waals surface area contributed by atoms with Crippen molar-refractivity contribution in [1.82, 2.24) is 10.4 Å². The van der Waals surface area contributed by atoms with Gasteiger partial charge in [0, 0.05) is 12.1 Å². The summed E-state index contributed by atoms with van der Waals surface area (Å²) in [7, 11) is 0. The van der Waals surface area contributed by atoms with Crippen LogP contribution in [-0.4, -0.2) is 39.9 Å². The second-order valence-electron chi connectivity index (χ2n) is 6.96. The van der Waals surface area contributed by atoms with Gasteiger partial charge in [-0.3, -0.25) is 10.2 Å². The minimum absolute atomic E-state index is 0.129. The van der Waals surface area contributed by atoms with Crippen LogP contribution in [0, 0.1) is 5.92 Å². The van der Waals surface area contributed by atoms with Gasteiger partial charge in [-0.25, -0.2) is 9.80 Å². The lowest BCUT2D eigenvalue weighted by Crippen LogP contribution is -2.54. The first-order valence-corrected chi connectivity index (χ1v) is 7.61. The molecule has 1 saturated carbocycles. The van der Waals surface area contributed by atoms with Crippen molar-refractivity contribution in [3.05, 3.63) is 0 Å². The van der Waals surface area contributed by atoms with Crippen molar-refractivity contribution >= 4 is 12.1 Å². The average molecular weight is 300 g/mol. The average Bonchev–Trinajstić information content (AvgIpc) is 2.33. The molecule has 1 aliphatic rings. The zero-order valence-electron chi connectivity index (χ0n) is 13.7. The molecule has 1 aliphatic carbocycles. The van der Waals surface area contributed by atoms with Crippen molar-refractivity contribution in [3.8, 4) is 0 Å². The Labute approximate surface area is 126 Å². The van der Waals surface area contributed by atoms with E-state index in [2.05, 4.69) is 5.43 Å². The fraction of sp³-hybridized carbons (Fsp3) is 0.867. The standard InChI is InChI=1S/C15H28N2O4/c1-10(2)17(16-14(20)21-15(3,4)5)12-8-6-11(7-9-12)13(18)19/h10-12H,6-9H2,1-5H3,(H,16,20)(H,18,19)/t11-,12-. The highest BCUT2D eigenvalue weighted by atomic mass is 16.6. The van der Waals surface area contributed by atoms with Crippen LogP contribution < -0.4 is 5.43 Å². The maximum Gasteiger partial charge on any atom is 0.422 e. The summed E-state index contributed by atoms with van der Waals surface area (Å²) < 4.78 is 5.28. The highest BCUT2D eigenvalue weighted by Gasteiger charge is 2.32. The Balaban J connectivity index is 2.59. The summed E-state index contributed by atoms with van der Waals surface area (Å²) in [6.07, 6.45) is 2.38. The number of hydrogen-bond donors (Lipinski definition) is 2. The molecule has 0 heterocycles. The molecule has 0 aliphatic heterocycles. The normalized spacial score (nSPS) is 23.2. The molecule has 1 rings (SSSR count). The smallest absolute Gasteiger partial charge is 0.422 e. The van der Waals surface area contributed by atoms with Gasteiger partial charge in [-0.05, 0) is 60.3 Å². The Hall–Kier alpha value is -1.30. The van der Waals surface area contributed by atoms with Gasteiger partial charge in [-0.2, -0.15) is 0 Å². The van der Waals surface area contributed by atoms with Crippen LogP contribution in [0.25, 0.3) is 0 Å². The number of carbonyl (C=O) groups excluding carboxylic acids is 1. The van der Waals surface area contributed by atoms with Crippen LogP contribution in [0.3, 0.4) is 0 Å². The fourth-order valence-electron chi connectivity index (χ4n) is 2.65. The maximum absolute atomic E-state index is 11.9.